The first kappa shape index (κ1) is 18.7. The van der Waals surface area contributed by atoms with Gasteiger partial charge in [-0.3, -0.25) is 19.4 Å². The Kier molecular flexibility index (Phi) is 3.97. The van der Waals surface area contributed by atoms with Gasteiger partial charge in [0.25, 0.3) is 0 Å². The standard InChI is InChI=1S/C24H23N3O3/c1-24(2,3)21(28)20-19-18(17-12-7-13-25-27(17)20)22(29)26(23(19)30)16-11-6-9-14-8-4-5-10-15(14)16/h4-13,17-20H,1-3H3/t17-,18-,19-,20-/m0/s1. The summed E-state index contributed by atoms with van der Waals surface area (Å²) in [7, 11) is 0. The minimum absolute atomic E-state index is 0.0756. The molecule has 0 unspecified atom stereocenters. The number of benzene rings is 2. The van der Waals surface area contributed by atoms with Gasteiger partial charge in [0.05, 0.1) is 23.6 Å². The summed E-state index contributed by atoms with van der Waals surface area (Å²) >= 11 is 0. The maximum Gasteiger partial charge on any atom is 0.240 e. The molecule has 4 atom stereocenters. The number of ketones is 1. The number of nitrogens with zero attached hydrogens (tertiary/aromatic N) is 3. The Morgan fingerprint density at radius 1 is 0.967 bits per heavy atom. The van der Waals surface area contributed by atoms with Crippen LogP contribution in [0.15, 0.2) is 59.7 Å². The van der Waals surface area contributed by atoms with E-state index in [-0.39, 0.29) is 17.6 Å². The number of carbonyl (C=O) groups is 3. The van der Waals surface area contributed by atoms with Crippen LogP contribution in [0.25, 0.3) is 10.8 Å². The van der Waals surface area contributed by atoms with Gasteiger partial charge in [-0.15, -0.1) is 0 Å². The third-order valence-corrected chi connectivity index (χ3v) is 6.31. The van der Waals surface area contributed by atoms with Gasteiger partial charge in [0.1, 0.15) is 6.04 Å². The number of anilines is 1. The fourth-order valence-electron chi connectivity index (χ4n) is 4.92. The third kappa shape index (κ3) is 2.49. The predicted octanol–water partition coefficient (Wildman–Crippen LogP) is 3.17. The van der Waals surface area contributed by atoms with Gasteiger partial charge in [-0.2, -0.15) is 5.10 Å². The van der Waals surface area contributed by atoms with Crippen LogP contribution in [0.3, 0.4) is 0 Å². The second-order valence-corrected chi connectivity index (χ2v) is 9.14. The van der Waals surface area contributed by atoms with Crippen LogP contribution in [0.2, 0.25) is 0 Å². The zero-order chi connectivity index (χ0) is 21.2. The van der Waals surface area contributed by atoms with Crippen molar-refractivity contribution in [2.45, 2.75) is 32.9 Å². The molecule has 0 radical (unpaired) electrons. The lowest BCUT2D eigenvalue weighted by atomic mass is 9.80. The lowest BCUT2D eigenvalue weighted by Gasteiger charge is -2.33. The van der Waals surface area contributed by atoms with Crippen molar-refractivity contribution in [2.75, 3.05) is 4.90 Å². The van der Waals surface area contributed by atoms with Gasteiger partial charge >= 0.3 is 0 Å². The summed E-state index contributed by atoms with van der Waals surface area (Å²) in [6.07, 6.45) is 5.26. The van der Waals surface area contributed by atoms with E-state index in [0.717, 1.165) is 10.8 Å². The fourth-order valence-corrected chi connectivity index (χ4v) is 4.92. The van der Waals surface area contributed by atoms with Crippen LogP contribution in [0, 0.1) is 17.3 Å². The second-order valence-electron chi connectivity index (χ2n) is 9.14. The minimum Gasteiger partial charge on any atom is -0.297 e. The van der Waals surface area contributed by atoms with E-state index in [4.69, 9.17) is 0 Å². The summed E-state index contributed by atoms with van der Waals surface area (Å²) in [4.78, 5) is 41.9. The number of rotatable bonds is 2. The number of hydrogen-bond acceptors (Lipinski definition) is 5. The number of hydrazone groups is 1. The van der Waals surface area contributed by atoms with Gasteiger partial charge in [0, 0.05) is 17.0 Å². The average molecular weight is 401 g/mol. The Balaban J connectivity index is 1.64. The molecule has 0 N–H and O–H groups in total. The molecule has 6 nitrogen and oxygen atoms in total. The highest BCUT2D eigenvalue weighted by Gasteiger charge is 2.64. The molecular weight excluding hydrogens is 378 g/mol. The Hall–Kier alpha value is -3.28. The van der Waals surface area contributed by atoms with Crippen LogP contribution in [-0.2, 0) is 14.4 Å². The Bertz CT molecular complexity index is 1140. The van der Waals surface area contributed by atoms with E-state index >= 15 is 0 Å². The number of imide groups is 1. The molecule has 0 spiro atoms. The zero-order valence-electron chi connectivity index (χ0n) is 17.1. The second kappa shape index (κ2) is 6.36. The number of allylic oxidation sites excluding steroid dienone is 1. The molecule has 2 fully saturated rings. The zero-order valence-corrected chi connectivity index (χ0v) is 17.1. The van der Waals surface area contributed by atoms with E-state index in [9.17, 15) is 14.4 Å². The Labute approximate surface area is 174 Å². The van der Waals surface area contributed by atoms with Crippen LogP contribution in [-0.4, -0.2) is 40.9 Å². The number of fused-ring (bicyclic) bond motifs is 4. The predicted molar refractivity (Wildman–Crippen MR) is 115 cm³/mol. The van der Waals surface area contributed by atoms with Crippen molar-refractivity contribution < 1.29 is 14.4 Å². The summed E-state index contributed by atoms with van der Waals surface area (Å²) in [5.74, 6) is -2.02. The molecule has 6 heteroatoms. The van der Waals surface area contributed by atoms with Crippen LogP contribution in [0.1, 0.15) is 20.8 Å². The molecule has 3 aliphatic rings. The fraction of sp³-hybridized carbons (Fsp3) is 0.333. The van der Waals surface area contributed by atoms with Crippen molar-refractivity contribution in [1.82, 2.24) is 5.01 Å². The molecule has 0 aromatic heterocycles. The molecule has 3 aliphatic heterocycles. The van der Waals surface area contributed by atoms with Crippen molar-refractivity contribution >= 4 is 40.3 Å². The normalized spacial score (nSPS) is 27.7. The monoisotopic (exact) mass is 401 g/mol. The molecule has 2 saturated heterocycles. The Morgan fingerprint density at radius 2 is 1.67 bits per heavy atom. The highest BCUT2D eigenvalue weighted by Crippen LogP contribution is 2.47. The van der Waals surface area contributed by atoms with Crippen molar-refractivity contribution in [2.24, 2.45) is 22.4 Å². The minimum atomic E-state index is -0.752. The highest BCUT2D eigenvalue weighted by atomic mass is 16.2. The lowest BCUT2D eigenvalue weighted by Crippen LogP contribution is -2.49. The third-order valence-electron chi connectivity index (χ3n) is 6.31. The van der Waals surface area contributed by atoms with Gasteiger partial charge in [-0.05, 0) is 17.5 Å². The van der Waals surface area contributed by atoms with E-state index in [1.54, 1.807) is 23.4 Å². The van der Waals surface area contributed by atoms with E-state index < -0.39 is 29.3 Å². The summed E-state index contributed by atoms with van der Waals surface area (Å²) in [5.41, 5.74) is -0.0777. The molecule has 0 saturated carbocycles. The summed E-state index contributed by atoms with van der Waals surface area (Å²) in [6, 6.07) is 12.1. The lowest BCUT2D eigenvalue weighted by molar-refractivity contribution is -0.136. The molecule has 2 aromatic rings. The van der Waals surface area contributed by atoms with E-state index in [1.807, 2.05) is 63.2 Å². The maximum atomic E-state index is 13.7. The van der Waals surface area contributed by atoms with Gasteiger partial charge in [0.15, 0.2) is 5.78 Å². The van der Waals surface area contributed by atoms with E-state index in [1.165, 1.54) is 4.90 Å². The summed E-state index contributed by atoms with van der Waals surface area (Å²) in [6.45, 7) is 5.51. The van der Waals surface area contributed by atoms with Gasteiger partial charge in [0.2, 0.25) is 11.8 Å². The van der Waals surface area contributed by atoms with Gasteiger partial charge in [-0.1, -0.05) is 63.2 Å². The molecular formula is C24H23N3O3. The topological polar surface area (TPSA) is 70.0 Å². The van der Waals surface area contributed by atoms with Crippen LogP contribution in [0.5, 0.6) is 0 Å². The molecule has 3 heterocycles. The van der Waals surface area contributed by atoms with Gasteiger partial charge < -0.3 is 0 Å². The first-order chi connectivity index (χ1) is 14.3. The first-order valence-electron chi connectivity index (χ1n) is 10.2. The van der Waals surface area contributed by atoms with Crippen molar-refractivity contribution in [3.05, 3.63) is 54.6 Å². The van der Waals surface area contributed by atoms with Crippen LogP contribution >= 0.6 is 0 Å². The maximum absolute atomic E-state index is 13.7. The molecule has 2 aromatic carbocycles. The number of carbonyl (C=O) groups excluding carboxylic acids is 3. The smallest absolute Gasteiger partial charge is 0.240 e. The SMILES string of the molecule is CC(C)(C)C(=O)[C@@H]1[C@H]2C(=O)N(c3cccc4ccccc34)C(=O)[C@H]2[C@@H]2C=CC=NN12. The van der Waals surface area contributed by atoms with E-state index in [2.05, 4.69) is 5.10 Å². The molecule has 30 heavy (non-hydrogen) atoms. The number of Topliss-reactive ketones (excluding diaryl/α,β-unsaturated/α-hetero) is 1. The molecule has 152 valence electrons. The molecule has 0 bridgehead atoms. The van der Waals surface area contributed by atoms with Crippen LogP contribution < -0.4 is 4.90 Å². The van der Waals surface area contributed by atoms with Crippen molar-refractivity contribution in [1.29, 1.82) is 0 Å². The highest BCUT2D eigenvalue weighted by molar-refractivity contribution is 6.26. The number of hydrogen-bond donors (Lipinski definition) is 0. The molecule has 0 aliphatic carbocycles. The number of amides is 2. The van der Waals surface area contributed by atoms with Crippen molar-refractivity contribution in [3.63, 3.8) is 0 Å². The van der Waals surface area contributed by atoms with Crippen molar-refractivity contribution in [3.8, 4) is 0 Å². The quantitative estimate of drug-likeness (QED) is 0.725. The van der Waals surface area contributed by atoms with Crippen LogP contribution in [0.4, 0.5) is 5.69 Å². The summed E-state index contributed by atoms with van der Waals surface area (Å²) < 4.78 is 0. The van der Waals surface area contributed by atoms with E-state index in [0.29, 0.717) is 5.69 Å². The Morgan fingerprint density at radius 3 is 2.43 bits per heavy atom. The summed E-state index contributed by atoms with van der Waals surface area (Å²) in [5, 5.41) is 7.85. The average Bonchev–Trinajstić information content (AvgIpc) is 3.19. The first-order valence-corrected chi connectivity index (χ1v) is 10.2. The molecule has 2 amide bonds. The van der Waals surface area contributed by atoms with Gasteiger partial charge in [-0.25, -0.2) is 4.90 Å². The molecule has 5 rings (SSSR count). The largest absolute Gasteiger partial charge is 0.297 e.